The van der Waals surface area contributed by atoms with Crippen molar-refractivity contribution in [3.05, 3.63) is 130 Å². The zero-order valence-corrected chi connectivity index (χ0v) is 35.2. The van der Waals surface area contributed by atoms with Gasteiger partial charge in [0.05, 0.1) is 0 Å². The molecule has 2 atom stereocenters. The molecule has 2 aliphatic rings. The van der Waals surface area contributed by atoms with E-state index in [-0.39, 0.29) is 12.7 Å². The Bertz CT molecular complexity index is 1840. The first-order valence-corrected chi connectivity index (χ1v) is 34.6. The van der Waals surface area contributed by atoms with E-state index in [0.717, 1.165) is 12.8 Å². The summed E-state index contributed by atoms with van der Waals surface area (Å²) in [5, 5.41) is 0. The SMILES string of the molecule is CCCCCCc1ccc(-c2cccc3c2C=C(CC)[CH]3[Zr]([Cl])([Cl])([CH]2C=Cc3c(-c4ccc(C(C)(C)C)cc4)cccc32)[SiH](C)C)cc1. The minimum atomic E-state index is -4.69. The van der Waals surface area contributed by atoms with E-state index >= 15 is 0 Å². The third kappa shape index (κ3) is 6.38. The molecule has 0 radical (unpaired) electrons. The van der Waals surface area contributed by atoms with Crippen molar-refractivity contribution in [3.63, 3.8) is 0 Å². The minimum absolute atomic E-state index is 0.0896. The van der Waals surface area contributed by atoms with Gasteiger partial charge in [0.1, 0.15) is 0 Å². The Morgan fingerprint density at radius 2 is 1.31 bits per heavy atom. The fraction of sp³-hybridized carbons (Fsp3) is 0.364. The zero-order valence-electron chi connectivity index (χ0n) is 30.0. The van der Waals surface area contributed by atoms with Crippen LogP contribution in [0.2, 0.25) is 13.1 Å². The Morgan fingerprint density at radius 1 is 0.708 bits per heavy atom. The topological polar surface area (TPSA) is 0 Å². The van der Waals surface area contributed by atoms with Crippen molar-refractivity contribution >= 4 is 35.1 Å². The van der Waals surface area contributed by atoms with Gasteiger partial charge in [-0.2, -0.15) is 0 Å². The summed E-state index contributed by atoms with van der Waals surface area (Å²) in [6.45, 7) is 16.2. The summed E-state index contributed by atoms with van der Waals surface area (Å²) < 4.78 is 0.210. The molecule has 0 spiro atoms. The molecule has 0 fully saturated rings. The number of aryl methyl sites for hydroxylation is 1. The second kappa shape index (κ2) is 14.0. The molecule has 4 aromatic carbocycles. The van der Waals surface area contributed by atoms with Crippen molar-refractivity contribution in [2.75, 3.05) is 0 Å². The monoisotopic (exact) mass is 769 g/mol. The molecule has 251 valence electrons. The first-order valence-electron chi connectivity index (χ1n) is 18.3. The van der Waals surface area contributed by atoms with Gasteiger partial charge < -0.3 is 0 Å². The molecule has 0 aliphatic heterocycles. The van der Waals surface area contributed by atoms with Gasteiger partial charge in [-0.3, -0.25) is 0 Å². The van der Waals surface area contributed by atoms with Gasteiger partial charge in [0.15, 0.2) is 0 Å². The molecule has 4 aromatic rings. The van der Waals surface area contributed by atoms with Crippen LogP contribution in [0.1, 0.15) is 107 Å². The van der Waals surface area contributed by atoms with Gasteiger partial charge in [-0.15, -0.1) is 0 Å². The molecule has 6 rings (SSSR count). The molecule has 0 amide bonds. The van der Waals surface area contributed by atoms with Gasteiger partial charge >= 0.3 is 288 Å². The molecular weight excluding hydrogens is 719 g/mol. The molecule has 0 N–H and O–H groups in total. The third-order valence-corrected chi connectivity index (χ3v) is 63.4. The van der Waals surface area contributed by atoms with Crippen LogP contribution in [0.3, 0.4) is 0 Å². The van der Waals surface area contributed by atoms with Gasteiger partial charge in [0.25, 0.3) is 0 Å². The number of rotatable bonds is 11. The number of unbranched alkanes of at least 4 members (excludes halogenated alkanes) is 3. The van der Waals surface area contributed by atoms with E-state index in [2.05, 4.69) is 151 Å². The maximum atomic E-state index is 8.48. The second-order valence-electron chi connectivity index (χ2n) is 15.7. The normalized spacial score (nSPS) is 18.0. The van der Waals surface area contributed by atoms with Crippen molar-refractivity contribution in [2.24, 2.45) is 0 Å². The Kier molecular flexibility index (Phi) is 10.4. The van der Waals surface area contributed by atoms with Crippen molar-refractivity contribution < 1.29 is 15.6 Å². The molecule has 0 heterocycles. The Hall–Kier alpha value is -1.96. The zero-order chi connectivity index (χ0) is 34.3. The second-order valence-corrected chi connectivity index (χ2v) is 58.3. The first kappa shape index (κ1) is 35.9. The summed E-state index contributed by atoms with van der Waals surface area (Å²) in [5.74, 6) is -1.57. The van der Waals surface area contributed by atoms with Crippen LogP contribution in [0.25, 0.3) is 34.4 Å². The molecule has 0 bridgehead atoms. The van der Waals surface area contributed by atoms with Crippen LogP contribution in [0.5, 0.6) is 0 Å². The Balaban J connectivity index is 1.39. The van der Waals surface area contributed by atoms with Crippen molar-refractivity contribution in [3.8, 4) is 22.3 Å². The number of hydrogen-bond donors (Lipinski definition) is 0. The molecule has 48 heavy (non-hydrogen) atoms. The molecule has 4 heteroatoms. The molecule has 0 nitrogen and oxygen atoms in total. The van der Waals surface area contributed by atoms with Crippen molar-refractivity contribution in [1.29, 1.82) is 0 Å². The van der Waals surface area contributed by atoms with Gasteiger partial charge in [0.2, 0.25) is 0 Å². The van der Waals surface area contributed by atoms with Crippen LogP contribution in [0.4, 0.5) is 0 Å². The average Bonchev–Trinajstić information content (AvgIpc) is 3.70. The number of allylic oxidation sites excluding steroid dienone is 2. The van der Waals surface area contributed by atoms with Crippen LogP contribution in [-0.4, -0.2) is 5.92 Å². The standard InChI is InChI=1S/C23H27.C19H19.C2H7Si.2ClH.Zr/c1-3-5-6-7-9-19-12-14-20(15-13-19)22-11-8-10-21-16-18(4-2)17-23(21)22;1-19(2,3)16-12-10-15(11-13-16)18-9-5-7-14-6-4-8-17(14)18;1-3-2;;;/h8,10-17H,3-7,9H2,1-2H3;4-13H,1-3H3;3H,1-2H3;2*1H;/q;;;;;+2/p-2. The summed E-state index contributed by atoms with van der Waals surface area (Å²) in [7, 11) is 17.0. The van der Waals surface area contributed by atoms with Crippen LogP contribution in [0.15, 0.2) is 96.6 Å². The summed E-state index contributed by atoms with van der Waals surface area (Å²) in [6, 6.07) is 32.1. The Morgan fingerprint density at radius 3 is 1.90 bits per heavy atom. The molecule has 2 aliphatic carbocycles. The van der Waals surface area contributed by atoms with Crippen molar-refractivity contribution in [1.82, 2.24) is 0 Å². The summed E-state index contributed by atoms with van der Waals surface area (Å²) >= 11 is -4.69. The fourth-order valence-corrected chi connectivity index (χ4v) is 37.9. The number of fused-ring (bicyclic) bond motifs is 2. The average molecular weight is 772 g/mol. The van der Waals surface area contributed by atoms with Gasteiger partial charge in [-0.25, -0.2) is 0 Å². The van der Waals surface area contributed by atoms with E-state index in [0.29, 0.717) is 0 Å². The molecule has 0 saturated carbocycles. The third-order valence-electron chi connectivity index (χ3n) is 11.4. The van der Waals surface area contributed by atoms with E-state index in [4.69, 9.17) is 17.0 Å². The number of benzene rings is 4. The number of halogens is 2. The van der Waals surface area contributed by atoms with Crippen LogP contribution >= 0.6 is 17.0 Å². The Labute approximate surface area is 299 Å². The summed E-state index contributed by atoms with van der Waals surface area (Å²) in [6.07, 6.45) is 14.5. The van der Waals surface area contributed by atoms with Crippen LogP contribution in [-0.2, 0) is 27.4 Å². The maximum absolute atomic E-state index is 8.48. The van der Waals surface area contributed by atoms with E-state index < -0.39 is 21.5 Å². The van der Waals surface area contributed by atoms with E-state index in [1.54, 1.807) is 0 Å². The van der Waals surface area contributed by atoms with Gasteiger partial charge in [-0.1, -0.05) is 13.3 Å². The quantitative estimate of drug-likeness (QED) is 0.105. The molecular formula is C44H53Cl2SiZr. The molecule has 2 unspecified atom stereocenters. The number of hydrogen-bond acceptors (Lipinski definition) is 0. The summed E-state index contributed by atoms with van der Waals surface area (Å²) in [5.41, 5.74) is 14.8. The van der Waals surface area contributed by atoms with E-state index in [9.17, 15) is 0 Å². The predicted molar refractivity (Wildman–Crippen MR) is 214 cm³/mol. The van der Waals surface area contributed by atoms with Crippen molar-refractivity contribution in [2.45, 2.75) is 98.9 Å². The predicted octanol–water partition coefficient (Wildman–Crippen LogP) is 14.0. The van der Waals surface area contributed by atoms with E-state index in [1.165, 1.54) is 86.9 Å². The van der Waals surface area contributed by atoms with Crippen LogP contribution < -0.4 is 0 Å². The van der Waals surface area contributed by atoms with Gasteiger partial charge in [0, 0.05) is 0 Å². The fourth-order valence-electron chi connectivity index (χ4n) is 8.37. The summed E-state index contributed by atoms with van der Waals surface area (Å²) in [4.78, 5) is 0. The first-order chi connectivity index (χ1) is 22.9. The molecule has 0 saturated heterocycles. The van der Waals surface area contributed by atoms with Crippen LogP contribution in [0, 0.1) is 0 Å². The van der Waals surface area contributed by atoms with E-state index in [1.807, 2.05) is 0 Å². The van der Waals surface area contributed by atoms with Gasteiger partial charge in [-0.05, 0) is 0 Å². The molecule has 0 aromatic heterocycles.